The van der Waals surface area contributed by atoms with Gasteiger partial charge in [-0.2, -0.15) is 0 Å². The van der Waals surface area contributed by atoms with E-state index in [0.29, 0.717) is 0 Å². The van der Waals surface area contributed by atoms with Crippen molar-refractivity contribution in [1.29, 1.82) is 0 Å². The van der Waals surface area contributed by atoms with Crippen molar-refractivity contribution < 1.29 is 4.79 Å². The van der Waals surface area contributed by atoms with Gasteiger partial charge in [-0.25, -0.2) is 9.78 Å². The van der Waals surface area contributed by atoms with Crippen molar-refractivity contribution in [2.24, 2.45) is 14.1 Å². The number of hydrogen-bond donors (Lipinski definition) is 1. The second kappa shape index (κ2) is 5.98. The van der Waals surface area contributed by atoms with E-state index in [9.17, 15) is 14.4 Å². The number of carbonyl (C=O) groups excluding carboxylic acids is 1. The molecule has 1 aliphatic rings. The smallest absolute Gasteiger partial charge is 0.332 e. The predicted molar refractivity (Wildman–Crippen MR) is 96.0 cm³/mol. The first-order valence-electron chi connectivity index (χ1n) is 8.42. The van der Waals surface area contributed by atoms with E-state index in [2.05, 4.69) is 22.4 Å². The van der Waals surface area contributed by atoms with E-state index >= 15 is 0 Å². The zero-order valence-electron chi connectivity index (χ0n) is 14.6. The first kappa shape index (κ1) is 16.3. The lowest BCUT2D eigenvalue weighted by molar-refractivity contribution is -0.122. The molecule has 8 heteroatoms. The fourth-order valence-electron chi connectivity index (χ4n) is 3.61. The topological polar surface area (TPSA) is 90.9 Å². The summed E-state index contributed by atoms with van der Waals surface area (Å²) in [6.07, 6.45) is 3.04. The molecule has 0 saturated heterocycles. The zero-order chi connectivity index (χ0) is 18.4. The Morgan fingerprint density at radius 1 is 1.15 bits per heavy atom. The molecule has 0 unspecified atom stereocenters. The van der Waals surface area contributed by atoms with Crippen molar-refractivity contribution in [1.82, 2.24) is 24.0 Å². The summed E-state index contributed by atoms with van der Waals surface area (Å²) in [5.74, 6) is -0.182. The number of imidazole rings is 1. The first-order chi connectivity index (χ1) is 12.5. The van der Waals surface area contributed by atoms with Gasteiger partial charge < -0.3 is 9.88 Å². The number of benzene rings is 1. The molecule has 1 aromatic carbocycles. The Labute approximate surface area is 148 Å². The predicted octanol–water partition coefficient (Wildman–Crippen LogP) is -0.283. The molecular weight excluding hydrogens is 334 g/mol. The van der Waals surface area contributed by atoms with Crippen LogP contribution in [-0.4, -0.2) is 30.6 Å². The van der Waals surface area contributed by atoms with Crippen LogP contribution in [0.3, 0.4) is 0 Å². The van der Waals surface area contributed by atoms with Gasteiger partial charge >= 0.3 is 5.69 Å². The number of fused-ring (bicyclic) bond motifs is 2. The quantitative estimate of drug-likeness (QED) is 0.701. The molecular formula is C18H19N5O3. The van der Waals surface area contributed by atoms with Gasteiger partial charge in [-0.1, -0.05) is 24.3 Å². The third-order valence-electron chi connectivity index (χ3n) is 4.95. The number of nitrogens with one attached hydrogen (secondary N) is 1. The summed E-state index contributed by atoms with van der Waals surface area (Å²) < 4.78 is 3.82. The SMILES string of the molecule is Cn1c(=O)c2c(ncn2CC(=O)NC2Cc3ccccc3C2)n(C)c1=O. The van der Waals surface area contributed by atoms with Crippen molar-refractivity contribution in [2.75, 3.05) is 0 Å². The molecule has 0 atom stereocenters. The molecule has 3 aromatic rings. The number of aryl methyl sites for hydroxylation is 1. The maximum absolute atomic E-state index is 12.5. The summed E-state index contributed by atoms with van der Waals surface area (Å²) in [7, 11) is 2.97. The van der Waals surface area contributed by atoms with Crippen LogP contribution in [0.2, 0.25) is 0 Å². The lowest BCUT2D eigenvalue weighted by Gasteiger charge is -2.13. The van der Waals surface area contributed by atoms with Gasteiger partial charge in [-0.05, 0) is 24.0 Å². The van der Waals surface area contributed by atoms with Crippen LogP contribution >= 0.6 is 0 Å². The van der Waals surface area contributed by atoms with Crippen LogP contribution in [0.25, 0.3) is 11.2 Å². The summed E-state index contributed by atoms with van der Waals surface area (Å²) in [6.45, 7) is -0.0171. The Kier molecular flexibility index (Phi) is 3.75. The largest absolute Gasteiger partial charge is 0.351 e. The van der Waals surface area contributed by atoms with Crippen molar-refractivity contribution in [3.05, 3.63) is 62.6 Å². The van der Waals surface area contributed by atoms with E-state index in [1.165, 1.54) is 33.6 Å². The lowest BCUT2D eigenvalue weighted by Crippen LogP contribution is -2.39. The number of amides is 1. The molecule has 0 fully saturated rings. The van der Waals surface area contributed by atoms with Crippen molar-refractivity contribution in [3.63, 3.8) is 0 Å². The molecule has 0 spiro atoms. The molecule has 2 heterocycles. The fraction of sp³-hybridized carbons (Fsp3) is 0.333. The lowest BCUT2D eigenvalue weighted by atomic mass is 10.1. The molecule has 0 bridgehead atoms. The monoisotopic (exact) mass is 353 g/mol. The summed E-state index contributed by atoms with van der Waals surface area (Å²) in [6, 6.07) is 8.22. The third-order valence-corrected chi connectivity index (χ3v) is 4.95. The molecule has 1 aliphatic carbocycles. The second-order valence-electron chi connectivity index (χ2n) is 6.69. The molecule has 4 rings (SSSR count). The second-order valence-corrected chi connectivity index (χ2v) is 6.69. The maximum atomic E-state index is 12.5. The molecule has 2 aromatic heterocycles. The van der Waals surface area contributed by atoms with Gasteiger partial charge in [0.1, 0.15) is 6.54 Å². The minimum absolute atomic E-state index is 0.0171. The average molecular weight is 353 g/mol. The average Bonchev–Trinajstić information content (AvgIpc) is 3.21. The van der Waals surface area contributed by atoms with Gasteiger partial charge in [0.25, 0.3) is 5.56 Å². The van der Waals surface area contributed by atoms with E-state index in [4.69, 9.17) is 0 Å². The highest BCUT2D eigenvalue weighted by Gasteiger charge is 2.23. The van der Waals surface area contributed by atoms with Crippen LogP contribution in [0.5, 0.6) is 0 Å². The Morgan fingerprint density at radius 2 is 1.81 bits per heavy atom. The van der Waals surface area contributed by atoms with E-state index in [1.807, 2.05) is 12.1 Å². The molecule has 8 nitrogen and oxygen atoms in total. The van der Waals surface area contributed by atoms with Crippen LogP contribution in [-0.2, 0) is 38.3 Å². The number of aromatic nitrogens is 4. The molecule has 134 valence electrons. The van der Waals surface area contributed by atoms with Crippen LogP contribution in [0.15, 0.2) is 40.2 Å². The molecule has 1 amide bonds. The molecule has 1 N–H and O–H groups in total. The number of rotatable bonds is 3. The van der Waals surface area contributed by atoms with Crippen molar-refractivity contribution in [3.8, 4) is 0 Å². The minimum atomic E-state index is -0.457. The highest BCUT2D eigenvalue weighted by molar-refractivity contribution is 5.79. The van der Waals surface area contributed by atoms with E-state index in [1.54, 1.807) is 7.05 Å². The normalized spacial score (nSPS) is 13.9. The summed E-state index contributed by atoms with van der Waals surface area (Å²) in [4.78, 5) is 41.0. The fourth-order valence-corrected chi connectivity index (χ4v) is 3.61. The molecule has 0 radical (unpaired) electrons. The van der Waals surface area contributed by atoms with E-state index in [0.717, 1.165) is 17.4 Å². The third kappa shape index (κ3) is 2.54. The molecule has 0 saturated carbocycles. The number of nitrogens with zero attached hydrogens (tertiary/aromatic N) is 4. The van der Waals surface area contributed by atoms with Crippen LogP contribution in [0.1, 0.15) is 11.1 Å². The summed E-state index contributed by atoms with van der Waals surface area (Å²) >= 11 is 0. The number of carbonyl (C=O) groups is 1. The van der Waals surface area contributed by atoms with E-state index < -0.39 is 11.2 Å². The molecule has 26 heavy (non-hydrogen) atoms. The first-order valence-corrected chi connectivity index (χ1v) is 8.42. The van der Waals surface area contributed by atoms with Crippen LogP contribution in [0, 0.1) is 0 Å². The maximum Gasteiger partial charge on any atom is 0.332 e. The highest BCUT2D eigenvalue weighted by Crippen LogP contribution is 2.21. The van der Waals surface area contributed by atoms with Gasteiger partial charge in [0, 0.05) is 20.1 Å². The van der Waals surface area contributed by atoms with E-state index in [-0.39, 0.29) is 29.7 Å². The summed E-state index contributed by atoms with van der Waals surface area (Å²) in [5, 5.41) is 3.02. The number of hydrogen-bond acceptors (Lipinski definition) is 4. The van der Waals surface area contributed by atoms with Crippen molar-refractivity contribution >= 4 is 17.1 Å². The summed E-state index contributed by atoms with van der Waals surface area (Å²) in [5.41, 5.74) is 2.14. The zero-order valence-corrected chi connectivity index (χ0v) is 14.6. The van der Waals surface area contributed by atoms with Gasteiger partial charge in [0.15, 0.2) is 11.2 Å². The minimum Gasteiger partial charge on any atom is -0.351 e. The van der Waals surface area contributed by atoms with Gasteiger partial charge in [-0.15, -0.1) is 0 Å². The van der Waals surface area contributed by atoms with Crippen molar-refractivity contribution in [2.45, 2.75) is 25.4 Å². The Hall–Kier alpha value is -3.16. The molecule has 0 aliphatic heterocycles. The van der Waals surface area contributed by atoms with Gasteiger partial charge in [0.2, 0.25) is 5.91 Å². The Morgan fingerprint density at radius 3 is 2.46 bits per heavy atom. The van der Waals surface area contributed by atoms with Gasteiger partial charge in [0.05, 0.1) is 6.33 Å². The highest BCUT2D eigenvalue weighted by atomic mass is 16.2. The standard InChI is InChI=1S/C18H19N5O3/c1-21-16-15(17(25)22(2)18(21)26)23(10-19-16)9-14(24)20-13-7-11-5-3-4-6-12(11)8-13/h3-6,10,13H,7-9H2,1-2H3,(H,20,24). The van der Waals surface area contributed by atoms with Gasteiger partial charge in [-0.3, -0.25) is 18.7 Å². The Bertz CT molecular complexity index is 1110. The van der Waals surface area contributed by atoms with Crippen LogP contribution in [0.4, 0.5) is 0 Å². The Balaban J connectivity index is 1.56. The van der Waals surface area contributed by atoms with Crippen LogP contribution < -0.4 is 16.6 Å².